The number of carboxylic acid groups (broad SMARTS) is 1. The predicted octanol–water partition coefficient (Wildman–Crippen LogP) is 3.52. The molecular formula is C23H17ClFN5O4. The van der Waals surface area contributed by atoms with Crippen LogP contribution in [-0.4, -0.2) is 42.3 Å². The summed E-state index contributed by atoms with van der Waals surface area (Å²) in [6.07, 6.45) is 4.32. The monoisotopic (exact) mass is 481 g/mol. The summed E-state index contributed by atoms with van der Waals surface area (Å²) in [7, 11) is 0. The van der Waals surface area contributed by atoms with E-state index in [9.17, 15) is 19.1 Å². The van der Waals surface area contributed by atoms with Gasteiger partial charge in [0.2, 0.25) is 5.95 Å². The maximum Gasteiger partial charge on any atom is 0.354 e. The summed E-state index contributed by atoms with van der Waals surface area (Å²) in [5.74, 6) is -1.62. The Bertz CT molecular complexity index is 1430. The van der Waals surface area contributed by atoms with Crippen LogP contribution in [0.4, 0.5) is 16.0 Å². The average molecular weight is 482 g/mol. The van der Waals surface area contributed by atoms with Gasteiger partial charge in [0.15, 0.2) is 0 Å². The van der Waals surface area contributed by atoms with Crippen LogP contribution >= 0.6 is 11.6 Å². The highest BCUT2D eigenvalue weighted by molar-refractivity contribution is 6.30. The number of rotatable bonds is 7. The fourth-order valence-electron chi connectivity index (χ4n) is 3.31. The van der Waals surface area contributed by atoms with E-state index in [-0.39, 0.29) is 16.7 Å². The first-order chi connectivity index (χ1) is 16.4. The van der Waals surface area contributed by atoms with E-state index in [1.54, 1.807) is 24.3 Å². The number of carboxylic acids is 1. The van der Waals surface area contributed by atoms with Crippen LogP contribution in [0, 0.1) is 5.82 Å². The number of carbonyl (C=O) groups is 1. The zero-order valence-electron chi connectivity index (χ0n) is 17.4. The molecular weight excluding hydrogens is 465 g/mol. The minimum atomic E-state index is -1.17. The molecule has 0 aliphatic rings. The van der Waals surface area contributed by atoms with E-state index >= 15 is 0 Å². The van der Waals surface area contributed by atoms with Crippen molar-refractivity contribution in [1.82, 2.24) is 19.5 Å². The number of pyridine rings is 2. The third-order valence-electron chi connectivity index (χ3n) is 4.97. The molecule has 0 aliphatic heterocycles. The summed E-state index contributed by atoms with van der Waals surface area (Å²) < 4.78 is 15.2. The van der Waals surface area contributed by atoms with Crippen LogP contribution in [0.25, 0.3) is 11.3 Å². The largest absolute Gasteiger partial charge is 0.477 e. The molecule has 34 heavy (non-hydrogen) atoms. The van der Waals surface area contributed by atoms with Crippen LogP contribution < -0.4 is 10.9 Å². The fourth-order valence-corrected chi connectivity index (χ4v) is 3.43. The minimum absolute atomic E-state index is 0.0535. The normalized spacial score (nSPS) is 11.7. The van der Waals surface area contributed by atoms with Gasteiger partial charge in [0, 0.05) is 35.9 Å². The van der Waals surface area contributed by atoms with Gasteiger partial charge in [0.1, 0.15) is 11.5 Å². The molecule has 4 aromatic rings. The first-order valence-corrected chi connectivity index (χ1v) is 10.3. The predicted molar refractivity (Wildman–Crippen MR) is 123 cm³/mol. The molecule has 0 amide bonds. The Balaban J connectivity index is 1.61. The molecule has 1 unspecified atom stereocenters. The number of nitrogens with zero attached hydrogens (tertiary/aromatic N) is 4. The number of anilines is 2. The molecule has 0 spiro atoms. The summed E-state index contributed by atoms with van der Waals surface area (Å²) in [4.78, 5) is 36.2. The lowest BCUT2D eigenvalue weighted by molar-refractivity contribution is 0.0690. The van der Waals surface area contributed by atoms with Crippen molar-refractivity contribution >= 4 is 29.2 Å². The molecule has 1 atom stereocenters. The Morgan fingerprint density at radius 2 is 1.91 bits per heavy atom. The van der Waals surface area contributed by atoms with Crippen molar-refractivity contribution in [3.8, 4) is 11.3 Å². The molecule has 0 radical (unpaired) electrons. The fraction of sp³-hybridized carbons (Fsp3) is 0.0870. The molecule has 0 fully saturated rings. The molecule has 172 valence electrons. The second kappa shape index (κ2) is 9.77. The van der Waals surface area contributed by atoms with E-state index < -0.39 is 30.0 Å². The highest BCUT2D eigenvalue weighted by Crippen LogP contribution is 2.24. The molecule has 3 N–H and O–H groups in total. The lowest BCUT2D eigenvalue weighted by Gasteiger charge is -2.18. The number of nitrogens with one attached hydrogen (secondary N) is 1. The smallest absolute Gasteiger partial charge is 0.354 e. The van der Waals surface area contributed by atoms with Crippen molar-refractivity contribution in [2.75, 3.05) is 11.9 Å². The number of hydrogen-bond donors (Lipinski definition) is 3. The van der Waals surface area contributed by atoms with Gasteiger partial charge in [-0.15, -0.1) is 0 Å². The molecule has 0 saturated heterocycles. The maximum absolute atomic E-state index is 13.9. The summed E-state index contributed by atoms with van der Waals surface area (Å²) in [6, 6.07) is 10.8. The van der Waals surface area contributed by atoms with E-state index in [0.29, 0.717) is 22.5 Å². The Morgan fingerprint density at radius 3 is 2.62 bits per heavy atom. The second-order valence-corrected chi connectivity index (χ2v) is 7.57. The molecule has 0 aliphatic carbocycles. The molecule has 1 aromatic carbocycles. The Kier molecular flexibility index (Phi) is 6.62. The van der Waals surface area contributed by atoms with Crippen molar-refractivity contribution in [3.05, 3.63) is 99.6 Å². The van der Waals surface area contributed by atoms with Gasteiger partial charge in [0.25, 0.3) is 5.56 Å². The summed E-state index contributed by atoms with van der Waals surface area (Å²) in [6.45, 7) is -0.424. The minimum Gasteiger partial charge on any atom is -0.477 e. The van der Waals surface area contributed by atoms with Crippen molar-refractivity contribution in [2.24, 2.45) is 0 Å². The van der Waals surface area contributed by atoms with Crippen LogP contribution in [0.2, 0.25) is 5.02 Å². The van der Waals surface area contributed by atoms with Crippen LogP contribution in [0.1, 0.15) is 22.1 Å². The Labute approximate surface area is 197 Å². The quantitative estimate of drug-likeness (QED) is 0.365. The molecule has 4 rings (SSSR count). The summed E-state index contributed by atoms with van der Waals surface area (Å²) in [5, 5.41) is 21.8. The number of aromatic nitrogens is 4. The zero-order chi connectivity index (χ0) is 24.2. The molecule has 11 heteroatoms. The van der Waals surface area contributed by atoms with Gasteiger partial charge in [-0.3, -0.25) is 4.79 Å². The number of halogens is 2. The topological polar surface area (TPSA) is 130 Å². The number of aliphatic hydroxyl groups excluding tert-OH is 1. The highest BCUT2D eigenvalue weighted by atomic mass is 35.5. The van der Waals surface area contributed by atoms with Crippen LogP contribution in [-0.2, 0) is 0 Å². The Morgan fingerprint density at radius 1 is 1.12 bits per heavy atom. The molecule has 9 nitrogen and oxygen atoms in total. The zero-order valence-corrected chi connectivity index (χ0v) is 18.1. The van der Waals surface area contributed by atoms with Gasteiger partial charge in [-0.25, -0.2) is 24.1 Å². The average Bonchev–Trinajstić information content (AvgIpc) is 2.83. The first-order valence-electron chi connectivity index (χ1n) is 9.93. The van der Waals surface area contributed by atoms with E-state index in [0.717, 1.165) is 0 Å². The number of aliphatic hydroxyl groups is 1. The molecule has 0 bridgehead atoms. The van der Waals surface area contributed by atoms with E-state index in [4.69, 9.17) is 16.7 Å². The number of hydrogen-bond acceptors (Lipinski definition) is 7. The Hall–Kier alpha value is -4.15. The van der Waals surface area contributed by atoms with Gasteiger partial charge < -0.3 is 20.1 Å². The van der Waals surface area contributed by atoms with E-state index in [1.165, 1.54) is 47.4 Å². The summed E-state index contributed by atoms with van der Waals surface area (Å²) >= 11 is 5.73. The van der Waals surface area contributed by atoms with Crippen molar-refractivity contribution in [3.63, 3.8) is 0 Å². The molecule has 0 saturated carbocycles. The van der Waals surface area contributed by atoms with E-state index in [2.05, 4.69) is 20.3 Å². The third-order valence-corrected chi connectivity index (χ3v) is 5.28. The van der Waals surface area contributed by atoms with Crippen LogP contribution in [0.3, 0.4) is 0 Å². The van der Waals surface area contributed by atoms with Crippen LogP contribution in [0.5, 0.6) is 0 Å². The third kappa shape index (κ3) is 4.92. The van der Waals surface area contributed by atoms with Gasteiger partial charge in [0.05, 0.1) is 23.4 Å². The standard InChI is InChI=1S/C23H17ClFN5O4/c24-16-2-1-14(9-17(16)25)20(12-31)30-8-5-13(10-21(30)32)18-4-7-27-23(29-18)28-15-3-6-26-19(11-15)22(33)34/h1-11,20,31H,12H2,(H,33,34)(H,26,27,28,29). The van der Waals surface area contributed by atoms with E-state index in [1.807, 2.05) is 0 Å². The van der Waals surface area contributed by atoms with Crippen molar-refractivity contribution in [1.29, 1.82) is 0 Å². The van der Waals surface area contributed by atoms with Gasteiger partial charge in [-0.1, -0.05) is 17.7 Å². The first kappa shape index (κ1) is 23.0. The number of benzene rings is 1. The number of aromatic carboxylic acids is 1. The SMILES string of the molecule is O=C(O)c1cc(Nc2nccc(-c3ccn(C(CO)c4ccc(Cl)c(F)c4)c(=O)c3)n2)ccn1. The molecule has 3 aromatic heterocycles. The van der Waals surface area contributed by atoms with Crippen molar-refractivity contribution in [2.45, 2.75) is 6.04 Å². The summed E-state index contributed by atoms with van der Waals surface area (Å²) in [5.41, 5.74) is 1.19. The maximum atomic E-state index is 13.9. The molecule has 3 heterocycles. The van der Waals surface area contributed by atoms with Gasteiger partial charge >= 0.3 is 5.97 Å². The lowest BCUT2D eigenvalue weighted by atomic mass is 10.1. The van der Waals surface area contributed by atoms with Gasteiger partial charge in [-0.05, 0) is 42.0 Å². The lowest BCUT2D eigenvalue weighted by Crippen LogP contribution is -2.27. The van der Waals surface area contributed by atoms with Crippen molar-refractivity contribution < 1.29 is 19.4 Å². The van der Waals surface area contributed by atoms with Gasteiger partial charge in [-0.2, -0.15) is 0 Å². The van der Waals surface area contributed by atoms with Crippen LogP contribution in [0.15, 0.2) is 71.9 Å². The second-order valence-electron chi connectivity index (χ2n) is 7.16. The highest BCUT2D eigenvalue weighted by Gasteiger charge is 2.17.